The van der Waals surface area contributed by atoms with Crippen molar-refractivity contribution in [3.8, 4) is 11.1 Å². The van der Waals surface area contributed by atoms with Crippen LogP contribution in [0.4, 0.5) is 0 Å². The van der Waals surface area contributed by atoms with E-state index in [4.69, 9.17) is 0 Å². The minimum Gasteiger partial charge on any atom is -0.481 e. The van der Waals surface area contributed by atoms with E-state index in [1.165, 1.54) is 16.7 Å². The molecule has 35 heavy (non-hydrogen) atoms. The Morgan fingerprint density at radius 2 is 1.74 bits per heavy atom. The minimum atomic E-state index is -1.06. The number of hydrogen-bond acceptors (Lipinski definition) is 4. The van der Waals surface area contributed by atoms with Gasteiger partial charge in [-0.25, -0.2) is 0 Å². The second kappa shape index (κ2) is 11.0. The lowest BCUT2D eigenvalue weighted by Crippen LogP contribution is -2.39. The summed E-state index contributed by atoms with van der Waals surface area (Å²) in [5.41, 5.74) is 2.62. The van der Waals surface area contributed by atoms with Gasteiger partial charge in [0.25, 0.3) is 5.56 Å². The number of carbonyl (C=O) groups excluding carboxylic acids is 1. The van der Waals surface area contributed by atoms with Crippen molar-refractivity contribution >= 4 is 11.9 Å². The molecule has 2 heterocycles. The number of rotatable bonds is 9. The first kappa shape index (κ1) is 25.7. The Hall–Kier alpha value is -3.94. The highest BCUT2D eigenvalue weighted by Crippen LogP contribution is 2.27. The molecule has 0 saturated carbocycles. The zero-order valence-corrected chi connectivity index (χ0v) is 20.4. The number of nitrogens with zero attached hydrogens (tertiary/aromatic N) is 2. The smallest absolute Gasteiger partial charge is 0.305 e. The van der Waals surface area contributed by atoms with E-state index >= 15 is 0 Å². The maximum absolute atomic E-state index is 13.4. The number of carboxylic acids is 1. The first-order chi connectivity index (χ1) is 16.6. The third-order valence-electron chi connectivity index (χ3n) is 6.10. The van der Waals surface area contributed by atoms with Crippen LogP contribution in [-0.4, -0.2) is 26.1 Å². The number of pyridine rings is 2. The Kier molecular flexibility index (Phi) is 8.06. The van der Waals surface area contributed by atoms with E-state index < -0.39 is 24.0 Å². The molecule has 2 N–H and O–H groups in total. The zero-order valence-electron chi connectivity index (χ0n) is 20.4. The number of hydrogen-bond donors (Lipinski definition) is 2. The Morgan fingerprint density at radius 1 is 1.00 bits per heavy atom. The summed E-state index contributed by atoms with van der Waals surface area (Å²) in [4.78, 5) is 49.4. The lowest BCUT2D eigenvalue weighted by molar-refractivity contribution is -0.138. The van der Waals surface area contributed by atoms with Crippen LogP contribution >= 0.6 is 0 Å². The Balaban J connectivity index is 1.98. The van der Waals surface area contributed by atoms with Crippen LogP contribution in [0.15, 0.2) is 70.4 Å². The summed E-state index contributed by atoms with van der Waals surface area (Å²) in [6, 6.07) is 13.6. The number of aliphatic carboxylic acids is 1. The molecule has 0 aliphatic heterocycles. The molecule has 0 saturated heterocycles. The normalized spacial score (nSPS) is 12.8. The second-order valence-corrected chi connectivity index (χ2v) is 9.11. The highest BCUT2D eigenvalue weighted by molar-refractivity contribution is 5.81. The number of carbonyl (C=O) groups is 2. The maximum Gasteiger partial charge on any atom is 0.305 e. The molecule has 0 aliphatic rings. The van der Waals surface area contributed by atoms with Gasteiger partial charge in [-0.1, -0.05) is 38.1 Å². The SMILES string of the molecule is Cc1c(-c2cccc([C@H](CC(=O)O)NC(=O)[C@@H](CC(C)C)n3ccccc3=O)c2)ccc(=O)n1C. The van der Waals surface area contributed by atoms with Gasteiger partial charge < -0.3 is 19.6 Å². The van der Waals surface area contributed by atoms with Crippen molar-refractivity contribution in [2.75, 3.05) is 0 Å². The van der Waals surface area contributed by atoms with Crippen LogP contribution < -0.4 is 16.4 Å². The number of nitrogens with one attached hydrogen (secondary N) is 1. The molecule has 2 atom stereocenters. The van der Waals surface area contributed by atoms with Crippen LogP contribution in [0.3, 0.4) is 0 Å². The molecule has 2 aromatic heterocycles. The largest absolute Gasteiger partial charge is 0.481 e. The molecule has 8 heteroatoms. The summed E-state index contributed by atoms with van der Waals surface area (Å²) in [6.45, 7) is 5.76. The standard InChI is InChI=1S/C27H31N3O5/c1-17(2)14-23(30-13-6-5-10-25(30)32)27(35)28-22(16-26(33)34)20-9-7-8-19(15-20)21-11-12-24(31)29(4)18(21)3/h5-13,15,17,22-23H,14,16H2,1-4H3,(H,28,35)(H,33,34)/t22-,23+/m0/s1. The number of carboxylic acid groups (broad SMARTS) is 1. The first-order valence-electron chi connectivity index (χ1n) is 11.5. The molecule has 0 fully saturated rings. The average Bonchev–Trinajstić information content (AvgIpc) is 2.81. The summed E-state index contributed by atoms with van der Waals surface area (Å²) in [6.07, 6.45) is 1.68. The van der Waals surface area contributed by atoms with Gasteiger partial charge in [-0.05, 0) is 48.6 Å². The fraction of sp³-hybridized carbons (Fsp3) is 0.333. The van der Waals surface area contributed by atoms with E-state index in [1.807, 2.05) is 32.9 Å². The van der Waals surface area contributed by atoms with Gasteiger partial charge in [-0.2, -0.15) is 0 Å². The molecule has 3 aromatic rings. The second-order valence-electron chi connectivity index (χ2n) is 9.11. The van der Waals surface area contributed by atoms with Gasteiger partial charge in [0.05, 0.1) is 12.5 Å². The summed E-state index contributed by atoms with van der Waals surface area (Å²) >= 11 is 0. The van der Waals surface area contributed by atoms with Crippen molar-refractivity contribution in [3.63, 3.8) is 0 Å². The maximum atomic E-state index is 13.4. The number of benzene rings is 1. The predicted octanol–water partition coefficient (Wildman–Crippen LogP) is 3.44. The Bertz CT molecular complexity index is 1340. The van der Waals surface area contributed by atoms with E-state index in [0.717, 1.165) is 16.8 Å². The van der Waals surface area contributed by atoms with Gasteiger partial charge >= 0.3 is 5.97 Å². The van der Waals surface area contributed by atoms with Crippen molar-refractivity contribution in [2.45, 2.75) is 45.7 Å². The fourth-order valence-corrected chi connectivity index (χ4v) is 4.15. The Morgan fingerprint density at radius 3 is 2.40 bits per heavy atom. The topological polar surface area (TPSA) is 110 Å². The van der Waals surface area contributed by atoms with E-state index in [9.17, 15) is 24.3 Å². The summed E-state index contributed by atoms with van der Waals surface area (Å²) in [5, 5.41) is 12.4. The van der Waals surface area contributed by atoms with Gasteiger partial charge in [0.1, 0.15) is 6.04 Å². The van der Waals surface area contributed by atoms with Crippen LogP contribution in [0.5, 0.6) is 0 Å². The van der Waals surface area contributed by atoms with Crippen molar-refractivity contribution in [2.24, 2.45) is 13.0 Å². The molecule has 0 spiro atoms. The van der Waals surface area contributed by atoms with Crippen molar-refractivity contribution in [1.29, 1.82) is 0 Å². The van der Waals surface area contributed by atoms with Gasteiger partial charge in [0.2, 0.25) is 11.5 Å². The minimum absolute atomic E-state index is 0.120. The fourth-order valence-electron chi connectivity index (χ4n) is 4.15. The zero-order chi connectivity index (χ0) is 25.7. The van der Waals surface area contributed by atoms with Crippen molar-refractivity contribution in [1.82, 2.24) is 14.5 Å². The summed E-state index contributed by atoms with van der Waals surface area (Å²) in [5.74, 6) is -1.34. The van der Waals surface area contributed by atoms with E-state index in [0.29, 0.717) is 12.0 Å². The van der Waals surface area contributed by atoms with Crippen LogP contribution in [0.2, 0.25) is 0 Å². The number of amides is 1. The summed E-state index contributed by atoms with van der Waals surface area (Å²) in [7, 11) is 1.69. The van der Waals surface area contributed by atoms with Crippen LogP contribution in [0.1, 0.15) is 50.0 Å². The first-order valence-corrected chi connectivity index (χ1v) is 11.5. The average molecular weight is 478 g/mol. The van der Waals surface area contributed by atoms with E-state index in [1.54, 1.807) is 48.1 Å². The molecule has 0 bridgehead atoms. The van der Waals surface area contributed by atoms with Gasteiger partial charge in [0.15, 0.2) is 0 Å². The molecule has 1 amide bonds. The summed E-state index contributed by atoms with van der Waals surface area (Å²) < 4.78 is 2.93. The van der Waals surface area contributed by atoms with Gasteiger partial charge in [-0.15, -0.1) is 0 Å². The van der Waals surface area contributed by atoms with Gasteiger partial charge in [0, 0.05) is 36.6 Å². The van der Waals surface area contributed by atoms with Gasteiger partial charge in [-0.3, -0.25) is 19.2 Å². The highest BCUT2D eigenvalue weighted by Gasteiger charge is 2.26. The number of aromatic nitrogens is 2. The third-order valence-corrected chi connectivity index (χ3v) is 6.10. The molecule has 8 nitrogen and oxygen atoms in total. The molecule has 0 unspecified atom stereocenters. The lowest BCUT2D eigenvalue weighted by Gasteiger charge is -2.25. The predicted molar refractivity (Wildman–Crippen MR) is 134 cm³/mol. The van der Waals surface area contributed by atoms with Crippen LogP contribution in [0, 0.1) is 12.8 Å². The van der Waals surface area contributed by atoms with Crippen LogP contribution in [-0.2, 0) is 16.6 Å². The molecule has 184 valence electrons. The molecular weight excluding hydrogens is 446 g/mol. The van der Waals surface area contributed by atoms with Crippen LogP contribution in [0.25, 0.3) is 11.1 Å². The molecule has 0 aliphatic carbocycles. The molecule has 3 rings (SSSR count). The van der Waals surface area contributed by atoms with Crippen molar-refractivity contribution in [3.05, 3.63) is 92.8 Å². The Labute approximate surface area is 203 Å². The third kappa shape index (κ3) is 6.15. The van der Waals surface area contributed by atoms with Crippen molar-refractivity contribution < 1.29 is 14.7 Å². The molecule has 0 radical (unpaired) electrons. The molecule has 1 aromatic carbocycles. The van der Waals surface area contributed by atoms with E-state index in [2.05, 4.69) is 5.32 Å². The quantitative estimate of drug-likeness (QED) is 0.491. The highest BCUT2D eigenvalue weighted by atomic mass is 16.4. The van der Waals surface area contributed by atoms with E-state index in [-0.39, 0.29) is 23.5 Å². The monoisotopic (exact) mass is 477 g/mol. The lowest BCUT2D eigenvalue weighted by atomic mass is 9.96. The molecular formula is C27H31N3O5.